The van der Waals surface area contributed by atoms with Crippen LogP contribution in [-0.2, 0) is 4.79 Å². The van der Waals surface area contributed by atoms with Crippen molar-refractivity contribution in [3.63, 3.8) is 0 Å². The van der Waals surface area contributed by atoms with Gasteiger partial charge in [-0.25, -0.2) is 10.4 Å². The normalized spacial score (nSPS) is 10.6. The maximum Gasteiger partial charge on any atom is 0.274 e. The minimum Gasteiger partial charge on any atom is -0.484 e. The molecule has 2 N–H and O–H groups in total. The number of anilines is 1. The molecule has 30 heavy (non-hydrogen) atoms. The molecule has 0 atom stereocenters. The summed E-state index contributed by atoms with van der Waals surface area (Å²) in [5, 5.41) is 6.78. The Balaban J connectivity index is 1.47. The Labute approximate surface area is 178 Å². The van der Waals surface area contributed by atoms with Gasteiger partial charge in [-0.15, -0.1) is 0 Å². The lowest BCUT2D eigenvalue weighted by atomic mass is 10.2. The summed E-state index contributed by atoms with van der Waals surface area (Å²) in [6, 6.07) is 17.6. The molecule has 7 nitrogen and oxygen atoms in total. The number of hydrogen-bond donors (Lipinski definition) is 2. The summed E-state index contributed by atoms with van der Waals surface area (Å²) >= 11 is 5.87. The molecule has 0 radical (unpaired) electrons. The molecule has 0 fully saturated rings. The van der Waals surface area contributed by atoms with Crippen LogP contribution < -0.4 is 15.5 Å². The van der Waals surface area contributed by atoms with Crippen LogP contribution in [0.5, 0.6) is 5.75 Å². The van der Waals surface area contributed by atoms with Crippen LogP contribution in [0.4, 0.5) is 5.69 Å². The molecule has 1 heterocycles. The second-order valence-electron chi connectivity index (χ2n) is 6.31. The predicted octanol–water partition coefficient (Wildman–Crippen LogP) is 3.82. The van der Waals surface area contributed by atoms with Gasteiger partial charge in [-0.2, -0.15) is 5.10 Å². The Bertz CT molecular complexity index is 1050. The second-order valence-corrected chi connectivity index (χ2v) is 6.67. The first-order valence-electron chi connectivity index (χ1n) is 9.04. The molecule has 1 aromatic heterocycles. The fourth-order valence-corrected chi connectivity index (χ4v) is 2.62. The molecule has 0 bridgehead atoms. The maximum absolute atomic E-state index is 12.0. The highest BCUT2D eigenvalue weighted by Crippen LogP contribution is 2.13. The summed E-state index contributed by atoms with van der Waals surface area (Å²) in [6.07, 6.45) is 2.98. The van der Waals surface area contributed by atoms with E-state index in [1.807, 2.05) is 31.2 Å². The zero-order valence-corrected chi connectivity index (χ0v) is 16.9. The zero-order chi connectivity index (χ0) is 21.3. The van der Waals surface area contributed by atoms with Crippen LogP contribution in [0.2, 0.25) is 5.15 Å². The first-order valence-corrected chi connectivity index (χ1v) is 9.42. The van der Waals surface area contributed by atoms with E-state index < -0.39 is 5.91 Å². The third-order valence-corrected chi connectivity index (χ3v) is 4.27. The van der Waals surface area contributed by atoms with Gasteiger partial charge in [0, 0.05) is 11.9 Å². The molecule has 0 unspecified atom stereocenters. The van der Waals surface area contributed by atoms with Crippen molar-refractivity contribution in [3.8, 4) is 5.75 Å². The molecule has 2 aromatic carbocycles. The number of aromatic nitrogens is 1. The summed E-state index contributed by atoms with van der Waals surface area (Å²) in [7, 11) is 0. The number of amides is 2. The minimum absolute atomic E-state index is 0.108. The van der Waals surface area contributed by atoms with E-state index in [1.54, 1.807) is 36.4 Å². The lowest BCUT2D eigenvalue weighted by Gasteiger charge is -2.08. The molecule has 0 aliphatic carbocycles. The van der Waals surface area contributed by atoms with Crippen LogP contribution in [0.3, 0.4) is 0 Å². The lowest BCUT2D eigenvalue weighted by molar-refractivity contribution is -0.118. The number of pyridine rings is 1. The van der Waals surface area contributed by atoms with E-state index in [1.165, 1.54) is 12.4 Å². The summed E-state index contributed by atoms with van der Waals surface area (Å²) in [4.78, 5) is 27.8. The molecule has 152 valence electrons. The van der Waals surface area contributed by atoms with E-state index in [9.17, 15) is 9.59 Å². The third-order valence-electron chi connectivity index (χ3n) is 3.97. The first-order chi connectivity index (χ1) is 14.5. The number of hydrazone groups is 1. The Morgan fingerprint density at radius 2 is 1.83 bits per heavy atom. The standard InChI is InChI=1S/C22H19ClN4O3/c1-15-4-8-17(9-5-15)26-20(28)14-30-18-10-6-16(7-11-18)13-25-27-22(29)19-3-2-12-24-21(19)23/h2-13H,14H2,1H3,(H,26,28)(H,27,29). The Kier molecular flexibility index (Phi) is 7.13. The first kappa shape index (κ1) is 21.0. The summed E-state index contributed by atoms with van der Waals surface area (Å²) < 4.78 is 5.48. The summed E-state index contributed by atoms with van der Waals surface area (Å²) in [5.41, 5.74) is 5.21. The summed E-state index contributed by atoms with van der Waals surface area (Å²) in [6.45, 7) is 1.87. The molecule has 3 rings (SSSR count). The molecular weight excluding hydrogens is 404 g/mol. The summed E-state index contributed by atoms with van der Waals surface area (Å²) in [5.74, 6) is -0.164. The van der Waals surface area contributed by atoms with E-state index in [2.05, 4.69) is 20.8 Å². The van der Waals surface area contributed by atoms with Gasteiger partial charge in [0.15, 0.2) is 6.61 Å². The van der Waals surface area contributed by atoms with Crippen molar-refractivity contribution in [2.24, 2.45) is 5.10 Å². The van der Waals surface area contributed by atoms with Gasteiger partial charge in [0.1, 0.15) is 10.9 Å². The van der Waals surface area contributed by atoms with E-state index >= 15 is 0 Å². The quantitative estimate of drug-likeness (QED) is 0.344. The molecule has 0 spiro atoms. The smallest absolute Gasteiger partial charge is 0.274 e. The topological polar surface area (TPSA) is 92.7 Å². The number of ether oxygens (including phenoxy) is 1. The van der Waals surface area contributed by atoms with Crippen molar-refractivity contribution in [1.82, 2.24) is 10.4 Å². The van der Waals surface area contributed by atoms with Crippen molar-refractivity contribution in [2.45, 2.75) is 6.92 Å². The number of halogens is 1. The van der Waals surface area contributed by atoms with Gasteiger partial charge in [0.05, 0.1) is 11.8 Å². The van der Waals surface area contributed by atoms with Crippen LogP contribution in [0.1, 0.15) is 21.5 Å². The van der Waals surface area contributed by atoms with Gasteiger partial charge in [-0.1, -0.05) is 29.3 Å². The Hall–Kier alpha value is -3.71. The molecule has 0 saturated heterocycles. The monoisotopic (exact) mass is 422 g/mol. The minimum atomic E-state index is -0.455. The third kappa shape index (κ3) is 6.15. The SMILES string of the molecule is Cc1ccc(NC(=O)COc2ccc(C=NNC(=O)c3cccnc3Cl)cc2)cc1. The molecule has 0 aliphatic heterocycles. The number of rotatable bonds is 7. The highest BCUT2D eigenvalue weighted by Gasteiger charge is 2.09. The van der Waals surface area contributed by atoms with Gasteiger partial charge in [-0.3, -0.25) is 9.59 Å². The molecule has 0 saturated carbocycles. The molecule has 2 amide bonds. The number of carbonyl (C=O) groups is 2. The lowest BCUT2D eigenvalue weighted by Crippen LogP contribution is -2.20. The number of nitrogens with one attached hydrogen (secondary N) is 2. The van der Waals surface area contributed by atoms with Crippen LogP contribution in [0, 0.1) is 6.92 Å². The van der Waals surface area contributed by atoms with Crippen molar-refractivity contribution < 1.29 is 14.3 Å². The predicted molar refractivity (Wildman–Crippen MR) is 116 cm³/mol. The van der Waals surface area contributed by atoms with Crippen molar-refractivity contribution in [3.05, 3.63) is 88.7 Å². The Morgan fingerprint density at radius 1 is 1.10 bits per heavy atom. The van der Waals surface area contributed by atoms with Crippen LogP contribution in [0.25, 0.3) is 0 Å². The average molecular weight is 423 g/mol. The van der Waals surface area contributed by atoms with E-state index in [4.69, 9.17) is 16.3 Å². The molecular formula is C22H19ClN4O3. The second kappa shape index (κ2) is 10.2. The number of benzene rings is 2. The fourth-order valence-electron chi connectivity index (χ4n) is 2.41. The van der Waals surface area contributed by atoms with Gasteiger partial charge >= 0.3 is 0 Å². The van der Waals surface area contributed by atoms with Gasteiger partial charge in [-0.05, 0) is 61.0 Å². The van der Waals surface area contributed by atoms with Crippen molar-refractivity contribution in [1.29, 1.82) is 0 Å². The van der Waals surface area contributed by atoms with E-state index in [0.717, 1.165) is 16.8 Å². The number of hydrogen-bond acceptors (Lipinski definition) is 5. The largest absolute Gasteiger partial charge is 0.484 e. The Morgan fingerprint density at radius 3 is 2.53 bits per heavy atom. The molecule has 0 aliphatic rings. The average Bonchev–Trinajstić information content (AvgIpc) is 2.75. The van der Waals surface area contributed by atoms with Crippen molar-refractivity contribution in [2.75, 3.05) is 11.9 Å². The van der Waals surface area contributed by atoms with Gasteiger partial charge < -0.3 is 10.1 Å². The van der Waals surface area contributed by atoms with E-state index in [-0.39, 0.29) is 23.2 Å². The van der Waals surface area contributed by atoms with Crippen LogP contribution >= 0.6 is 11.6 Å². The zero-order valence-electron chi connectivity index (χ0n) is 16.1. The molecule has 8 heteroatoms. The fraction of sp³-hybridized carbons (Fsp3) is 0.0909. The highest BCUT2D eigenvalue weighted by atomic mass is 35.5. The van der Waals surface area contributed by atoms with Crippen LogP contribution in [-0.4, -0.2) is 29.6 Å². The molecule has 3 aromatic rings. The number of nitrogens with zero attached hydrogens (tertiary/aromatic N) is 2. The van der Waals surface area contributed by atoms with E-state index in [0.29, 0.717) is 5.75 Å². The number of carbonyl (C=O) groups excluding carboxylic acids is 2. The van der Waals surface area contributed by atoms with Crippen LogP contribution in [0.15, 0.2) is 72.0 Å². The number of aryl methyl sites for hydroxylation is 1. The maximum atomic E-state index is 12.0. The van der Waals surface area contributed by atoms with Gasteiger partial charge in [0.25, 0.3) is 11.8 Å². The highest BCUT2D eigenvalue weighted by molar-refractivity contribution is 6.32. The van der Waals surface area contributed by atoms with Gasteiger partial charge in [0.2, 0.25) is 0 Å². The van der Waals surface area contributed by atoms with Crippen molar-refractivity contribution >= 4 is 35.3 Å².